The van der Waals surface area contributed by atoms with E-state index in [1.807, 2.05) is 0 Å². The van der Waals surface area contributed by atoms with Crippen molar-refractivity contribution in [1.82, 2.24) is 4.98 Å². The summed E-state index contributed by atoms with van der Waals surface area (Å²) in [5, 5.41) is 4.63. The van der Waals surface area contributed by atoms with Gasteiger partial charge in [-0.3, -0.25) is 4.79 Å². The van der Waals surface area contributed by atoms with Crippen molar-refractivity contribution >= 4 is 33.1 Å². The van der Waals surface area contributed by atoms with Crippen LogP contribution in [0.15, 0.2) is 36.5 Å². The van der Waals surface area contributed by atoms with Gasteiger partial charge in [-0.15, -0.1) is 11.3 Å². The van der Waals surface area contributed by atoms with E-state index in [4.69, 9.17) is 5.73 Å². The predicted octanol–water partition coefficient (Wildman–Crippen LogP) is 6.15. The van der Waals surface area contributed by atoms with E-state index >= 15 is 0 Å². The highest BCUT2D eigenvalue weighted by Crippen LogP contribution is 2.39. The van der Waals surface area contributed by atoms with Crippen molar-refractivity contribution in [3.05, 3.63) is 47.7 Å². The van der Waals surface area contributed by atoms with E-state index in [1.54, 1.807) is 17.5 Å². The lowest BCUT2D eigenvalue weighted by Gasteiger charge is -2.23. The van der Waals surface area contributed by atoms with Gasteiger partial charge in [-0.25, -0.2) is 4.98 Å². The number of rotatable bonds is 7. The third-order valence-electron chi connectivity index (χ3n) is 5.82. The number of nitrogens with one attached hydrogen (secondary N) is 1. The molecule has 0 unspecified atom stereocenters. The van der Waals surface area contributed by atoms with Crippen LogP contribution in [0.2, 0.25) is 0 Å². The number of unbranched alkanes of at least 4 members (excludes halogenated alkanes) is 1. The lowest BCUT2D eigenvalue weighted by molar-refractivity contribution is 0.100. The predicted molar refractivity (Wildman–Crippen MR) is 123 cm³/mol. The number of nitrogens with zero attached hydrogens (tertiary/aromatic N) is 1. The Morgan fingerprint density at radius 3 is 2.66 bits per heavy atom. The molecule has 1 saturated carbocycles. The second-order valence-electron chi connectivity index (χ2n) is 8.02. The molecule has 29 heavy (non-hydrogen) atoms. The summed E-state index contributed by atoms with van der Waals surface area (Å²) in [6, 6.07) is 11.4. The fraction of sp³-hybridized carbons (Fsp3) is 0.417. The largest absolute Gasteiger partial charge is 0.367 e. The second-order valence-corrected chi connectivity index (χ2v) is 9.07. The summed E-state index contributed by atoms with van der Waals surface area (Å²) in [4.78, 5) is 17.7. The van der Waals surface area contributed by atoms with Gasteiger partial charge in [0.2, 0.25) is 0 Å². The summed E-state index contributed by atoms with van der Waals surface area (Å²) >= 11 is 1.62. The number of carbonyl (C=O) groups is 1. The lowest BCUT2D eigenvalue weighted by Crippen LogP contribution is -2.23. The zero-order valence-electron chi connectivity index (χ0n) is 17.0. The third-order valence-corrected chi connectivity index (χ3v) is 7.04. The highest BCUT2D eigenvalue weighted by atomic mass is 32.1. The molecule has 3 aromatic rings. The molecule has 1 fully saturated rings. The van der Waals surface area contributed by atoms with Crippen molar-refractivity contribution in [2.75, 3.05) is 5.32 Å². The molecule has 0 aliphatic heterocycles. The van der Waals surface area contributed by atoms with Crippen molar-refractivity contribution in [3.63, 3.8) is 0 Å². The number of carbonyl (C=O) groups excluding carboxylic acids is 1. The van der Waals surface area contributed by atoms with Crippen LogP contribution in [0.5, 0.6) is 0 Å². The number of primary amides is 1. The van der Waals surface area contributed by atoms with E-state index in [0.717, 1.165) is 27.2 Å². The Hall–Kier alpha value is -2.40. The quantitative estimate of drug-likeness (QED) is 0.493. The molecule has 1 aliphatic rings. The SMILES string of the molecule is CCCCc1ccc(-c2cc3c(NC4CCCCC4)ncc(C(N)=O)c3s2)cc1. The van der Waals surface area contributed by atoms with Gasteiger partial charge in [-0.2, -0.15) is 0 Å². The van der Waals surface area contributed by atoms with Crippen LogP contribution < -0.4 is 11.1 Å². The number of pyridine rings is 1. The van der Waals surface area contributed by atoms with Gasteiger partial charge in [-0.1, -0.05) is 56.9 Å². The molecule has 4 rings (SSSR count). The molecule has 1 aromatic carbocycles. The number of nitrogens with two attached hydrogens (primary N) is 1. The van der Waals surface area contributed by atoms with Gasteiger partial charge in [0.15, 0.2) is 0 Å². The third kappa shape index (κ3) is 4.45. The van der Waals surface area contributed by atoms with Crippen LogP contribution in [0, 0.1) is 0 Å². The van der Waals surface area contributed by atoms with Gasteiger partial charge >= 0.3 is 0 Å². The first-order valence-corrected chi connectivity index (χ1v) is 11.6. The topological polar surface area (TPSA) is 68.0 Å². The minimum atomic E-state index is -0.421. The Morgan fingerprint density at radius 1 is 1.21 bits per heavy atom. The minimum absolute atomic E-state index is 0.421. The minimum Gasteiger partial charge on any atom is -0.367 e. The smallest absolute Gasteiger partial charge is 0.251 e. The number of amides is 1. The monoisotopic (exact) mass is 407 g/mol. The van der Waals surface area contributed by atoms with E-state index in [2.05, 4.69) is 47.6 Å². The van der Waals surface area contributed by atoms with Crippen LogP contribution in [-0.4, -0.2) is 16.9 Å². The Bertz CT molecular complexity index is 987. The van der Waals surface area contributed by atoms with Crippen LogP contribution in [-0.2, 0) is 6.42 Å². The van der Waals surface area contributed by atoms with Crippen molar-refractivity contribution in [2.45, 2.75) is 64.3 Å². The van der Waals surface area contributed by atoms with E-state index in [9.17, 15) is 4.79 Å². The fourth-order valence-corrected chi connectivity index (χ4v) is 5.29. The number of benzene rings is 1. The summed E-state index contributed by atoms with van der Waals surface area (Å²) in [5.74, 6) is 0.453. The maximum atomic E-state index is 12.0. The molecule has 0 saturated heterocycles. The first-order valence-electron chi connectivity index (χ1n) is 10.7. The number of hydrogen-bond acceptors (Lipinski definition) is 4. The average Bonchev–Trinajstić information content (AvgIpc) is 3.19. The van der Waals surface area contributed by atoms with Crippen LogP contribution in [0.3, 0.4) is 0 Å². The summed E-state index contributed by atoms with van der Waals surface area (Å²) < 4.78 is 0.927. The summed E-state index contributed by atoms with van der Waals surface area (Å²) in [7, 11) is 0. The van der Waals surface area contributed by atoms with Crippen LogP contribution in [0.25, 0.3) is 20.5 Å². The highest BCUT2D eigenvalue weighted by Gasteiger charge is 2.19. The Kier molecular flexibility index (Phi) is 6.14. The molecule has 0 bridgehead atoms. The maximum absolute atomic E-state index is 12.0. The Morgan fingerprint density at radius 2 is 1.97 bits per heavy atom. The molecule has 5 heteroatoms. The molecule has 2 aromatic heterocycles. The van der Waals surface area contributed by atoms with Gasteiger partial charge in [-0.05, 0) is 42.9 Å². The normalized spacial score (nSPS) is 14.9. The molecule has 152 valence electrons. The first-order chi connectivity index (χ1) is 14.2. The lowest BCUT2D eigenvalue weighted by atomic mass is 9.95. The fourth-order valence-electron chi connectivity index (χ4n) is 4.11. The van der Waals surface area contributed by atoms with Gasteiger partial charge in [0.25, 0.3) is 5.91 Å². The summed E-state index contributed by atoms with van der Waals surface area (Å²) in [6.07, 6.45) is 11.4. The van der Waals surface area contributed by atoms with Crippen LogP contribution >= 0.6 is 11.3 Å². The zero-order chi connectivity index (χ0) is 20.2. The molecule has 4 nitrogen and oxygen atoms in total. The van der Waals surface area contributed by atoms with E-state index < -0.39 is 5.91 Å². The molecule has 2 heterocycles. The number of aryl methyl sites for hydroxylation is 1. The van der Waals surface area contributed by atoms with Crippen molar-refractivity contribution in [2.24, 2.45) is 5.73 Å². The number of fused-ring (bicyclic) bond motifs is 1. The van der Waals surface area contributed by atoms with Gasteiger partial charge in [0.1, 0.15) is 5.82 Å². The Balaban J connectivity index is 1.69. The second kappa shape index (κ2) is 8.95. The van der Waals surface area contributed by atoms with Crippen LogP contribution in [0.4, 0.5) is 5.82 Å². The summed E-state index contributed by atoms with van der Waals surface area (Å²) in [5.41, 5.74) is 8.68. The van der Waals surface area contributed by atoms with Gasteiger partial charge in [0, 0.05) is 22.5 Å². The van der Waals surface area contributed by atoms with Crippen molar-refractivity contribution in [1.29, 1.82) is 0 Å². The molecular weight excluding hydrogens is 378 g/mol. The van der Waals surface area contributed by atoms with Crippen molar-refractivity contribution in [3.8, 4) is 10.4 Å². The van der Waals surface area contributed by atoms with Crippen LogP contribution in [0.1, 0.15) is 67.8 Å². The molecule has 3 N–H and O–H groups in total. The van der Waals surface area contributed by atoms with Gasteiger partial charge < -0.3 is 11.1 Å². The van der Waals surface area contributed by atoms with Gasteiger partial charge in [0.05, 0.1) is 10.3 Å². The van der Waals surface area contributed by atoms with Crippen molar-refractivity contribution < 1.29 is 4.79 Å². The summed E-state index contributed by atoms with van der Waals surface area (Å²) in [6.45, 7) is 2.22. The zero-order valence-corrected chi connectivity index (χ0v) is 17.9. The molecular formula is C24H29N3OS. The number of anilines is 1. The Labute approximate surface area is 176 Å². The van der Waals surface area contributed by atoms with E-state index in [0.29, 0.717) is 11.6 Å². The molecule has 1 aliphatic carbocycles. The highest BCUT2D eigenvalue weighted by molar-refractivity contribution is 7.22. The average molecular weight is 408 g/mol. The molecule has 1 amide bonds. The molecule has 0 radical (unpaired) electrons. The number of aromatic nitrogens is 1. The molecule has 0 atom stereocenters. The van der Waals surface area contributed by atoms with E-state index in [1.165, 1.54) is 56.1 Å². The van der Waals surface area contributed by atoms with E-state index in [-0.39, 0.29) is 0 Å². The molecule has 0 spiro atoms. The first kappa shape index (κ1) is 19.9. The standard InChI is InChI=1S/C24H29N3OS/c1-2-3-7-16-10-12-17(13-11-16)21-14-19-22(29-21)20(23(25)28)15-26-24(19)27-18-8-5-4-6-9-18/h10-15,18H,2-9H2,1H3,(H2,25,28)(H,26,27). The number of thiophene rings is 1. The number of hydrogen-bond donors (Lipinski definition) is 2. The maximum Gasteiger partial charge on any atom is 0.251 e.